The van der Waals surface area contributed by atoms with Gasteiger partial charge in [0, 0.05) is 5.88 Å². The summed E-state index contributed by atoms with van der Waals surface area (Å²) >= 11 is 5.59. The van der Waals surface area contributed by atoms with E-state index in [2.05, 4.69) is 30.3 Å². The Labute approximate surface area is 69.0 Å². The van der Waals surface area contributed by atoms with E-state index in [1.165, 1.54) is 11.2 Å². The van der Waals surface area contributed by atoms with E-state index in [9.17, 15) is 0 Å². The molecule has 1 aromatic rings. The molecule has 0 heterocycles. The van der Waals surface area contributed by atoms with Crippen LogP contribution in [0.1, 0.15) is 0 Å². The van der Waals surface area contributed by atoms with Gasteiger partial charge in [0.25, 0.3) is 0 Å². The van der Waals surface area contributed by atoms with Crippen molar-refractivity contribution in [2.45, 2.75) is 6.04 Å². The summed E-state index contributed by atoms with van der Waals surface area (Å²) in [4.78, 5) is 0. The van der Waals surface area contributed by atoms with Crippen LogP contribution in [0.5, 0.6) is 0 Å². The predicted molar refractivity (Wildman–Crippen MR) is 50.1 cm³/mol. The summed E-state index contributed by atoms with van der Waals surface area (Å²) in [5, 5.41) is 1.52. The molecule has 0 aliphatic carbocycles. The normalized spacial score (nSPS) is 10.9. The Hall–Kier alpha value is -0.273. The standard InChI is InChI=1S/C8H11ClSi/c9-6-7-10-8-4-2-1-3-5-8/h1-5H,6-7,10H2. The summed E-state index contributed by atoms with van der Waals surface area (Å²) in [6.07, 6.45) is 0. The maximum absolute atomic E-state index is 5.59. The molecule has 0 bridgehead atoms. The van der Waals surface area contributed by atoms with E-state index < -0.39 is 0 Å². The minimum atomic E-state index is -0.0434. The van der Waals surface area contributed by atoms with Gasteiger partial charge in [0.2, 0.25) is 0 Å². The fraction of sp³-hybridized carbons (Fsp3) is 0.250. The molecular weight excluding hydrogens is 160 g/mol. The third kappa shape index (κ3) is 2.54. The Morgan fingerprint density at radius 3 is 2.50 bits per heavy atom. The molecule has 0 radical (unpaired) electrons. The number of rotatable bonds is 3. The predicted octanol–water partition coefficient (Wildman–Crippen LogP) is 1.14. The van der Waals surface area contributed by atoms with Crippen LogP contribution in [0, 0.1) is 0 Å². The van der Waals surface area contributed by atoms with Crippen molar-refractivity contribution < 1.29 is 0 Å². The van der Waals surface area contributed by atoms with E-state index >= 15 is 0 Å². The topological polar surface area (TPSA) is 0 Å². The molecule has 0 saturated heterocycles. The first-order valence-corrected chi connectivity index (χ1v) is 5.77. The summed E-state index contributed by atoms with van der Waals surface area (Å²) in [5.74, 6) is 0.821. The van der Waals surface area contributed by atoms with E-state index in [4.69, 9.17) is 11.6 Å². The van der Waals surface area contributed by atoms with E-state index in [-0.39, 0.29) is 9.52 Å². The highest BCUT2D eigenvalue weighted by Crippen LogP contribution is 1.86. The van der Waals surface area contributed by atoms with Crippen LogP contribution in [0.15, 0.2) is 30.3 Å². The molecule has 0 aromatic heterocycles. The Morgan fingerprint density at radius 2 is 1.90 bits per heavy atom. The third-order valence-electron chi connectivity index (χ3n) is 1.44. The molecule has 2 heteroatoms. The molecule has 0 fully saturated rings. The van der Waals surface area contributed by atoms with Crippen LogP contribution in [0.25, 0.3) is 0 Å². The Kier molecular flexibility index (Phi) is 3.55. The number of halogens is 1. The highest BCUT2D eigenvalue weighted by Gasteiger charge is 1.89. The van der Waals surface area contributed by atoms with Crippen molar-refractivity contribution in [3.63, 3.8) is 0 Å². The molecule has 0 aliphatic heterocycles. The molecule has 0 atom stereocenters. The van der Waals surface area contributed by atoms with Gasteiger partial charge in [0.05, 0.1) is 9.52 Å². The number of hydrogen-bond acceptors (Lipinski definition) is 0. The van der Waals surface area contributed by atoms with Gasteiger partial charge in [-0.2, -0.15) is 0 Å². The fourth-order valence-electron chi connectivity index (χ4n) is 0.916. The lowest BCUT2D eigenvalue weighted by molar-refractivity contribution is 1.47. The van der Waals surface area contributed by atoms with Crippen molar-refractivity contribution >= 4 is 26.3 Å². The zero-order chi connectivity index (χ0) is 7.23. The molecule has 10 heavy (non-hydrogen) atoms. The molecule has 0 N–H and O–H groups in total. The number of alkyl halides is 1. The average molecular weight is 171 g/mol. The molecule has 1 aromatic carbocycles. The molecular formula is C8H11ClSi. The third-order valence-corrected chi connectivity index (χ3v) is 3.91. The SMILES string of the molecule is ClCC[SiH2]c1ccccc1. The van der Waals surface area contributed by atoms with Crippen LogP contribution in [-0.4, -0.2) is 15.4 Å². The zero-order valence-electron chi connectivity index (χ0n) is 5.89. The maximum atomic E-state index is 5.59. The second kappa shape index (κ2) is 4.53. The van der Waals surface area contributed by atoms with Crippen LogP contribution in [0.4, 0.5) is 0 Å². The molecule has 0 saturated carbocycles. The highest BCUT2D eigenvalue weighted by molar-refractivity contribution is 6.54. The van der Waals surface area contributed by atoms with Crippen molar-refractivity contribution in [1.82, 2.24) is 0 Å². The van der Waals surface area contributed by atoms with E-state index in [0.717, 1.165) is 5.88 Å². The van der Waals surface area contributed by atoms with Gasteiger partial charge in [-0.25, -0.2) is 0 Å². The van der Waals surface area contributed by atoms with Crippen molar-refractivity contribution in [2.75, 3.05) is 5.88 Å². The van der Waals surface area contributed by atoms with Gasteiger partial charge in [0.15, 0.2) is 0 Å². The minimum Gasteiger partial charge on any atom is -0.127 e. The molecule has 0 nitrogen and oxygen atoms in total. The summed E-state index contributed by atoms with van der Waals surface area (Å²) in [6.45, 7) is 0. The zero-order valence-corrected chi connectivity index (χ0v) is 8.06. The lowest BCUT2D eigenvalue weighted by Crippen LogP contribution is -2.12. The molecule has 0 spiro atoms. The first-order chi connectivity index (χ1) is 4.93. The van der Waals surface area contributed by atoms with Gasteiger partial charge >= 0.3 is 0 Å². The van der Waals surface area contributed by atoms with Crippen molar-refractivity contribution in [3.05, 3.63) is 30.3 Å². The first kappa shape index (κ1) is 7.83. The molecule has 0 unspecified atom stereocenters. The lowest BCUT2D eigenvalue weighted by atomic mass is 10.4. The monoisotopic (exact) mass is 170 g/mol. The molecule has 0 amide bonds. The van der Waals surface area contributed by atoms with Crippen molar-refractivity contribution in [3.8, 4) is 0 Å². The largest absolute Gasteiger partial charge is 0.127 e. The maximum Gasteiger partial charge on any atom is 0.0559 e. The summed E-state index contributed by atoms with van der Waals surface area (Å²) in [7, 11) is -0.0434. The van der Waals surface area contributed by atoms with E-state index in [0.29, 0.717) is 0 Å². The Bertz CT molecular complexity index is 174. The Morgan fingerprint density at radius 1 is 1.20 bits per heavy atom. The van der Waals surface area contributed by atoms with Crippen LogP contribution in [-0.2, 0) is 0 Å². The summed E-state index contributed by atoms with van der Waals surface area (Å²) in [5.41, 5.74) is 0. The fourth-order valence-corrected chi connectivity index (χ4v) is 2.46. The smallest absolute Gasteiger partial charge is 0.0559 e. The molecule has 54 valence electrons. The number of benzene rings is 1. The minimum absolute atomic E-state index is 0.0434. The Balaban J connectivity index is 2.43. The van der Waals surface area contributed by atoms with Crippen molar-refractivity contribution in [2.24, 2.45) is 0 Å². The quantitative estimate of drug-likeness (QED) is 0.472. The number of hydrogen-bond donors (Lipinski definition) is 0. The van der Waals surface area contributed by atoms with Gasteiger partial charge < -0.3 is 0 Å². The van der Waals surface area contributed by atoms with Gasteiger partial charge in [-0.15, -0.1) is 11.6 Å². The summed E-state index contributed by atoms with van der Waals surface area (Å²) < 4.78 is 0. The van der Waals surface area contributed by atoms with Crippen molar-refractivity contribution in [1.29, 1.82) is 0 Å². The first-order valence-electron chi connectivity index (χ1n) is 3.53. The van der Waals surface area contributed by atoms with Gasteiger partial charge in [-0.3, -0.25) is 0 Å². The van der Waals surface area contributed by atoms with Crippen LogP contribution in [0.3, 0.4) is 0 Å². The molecule has 0 aliphatic rings. The summed E-state index contributed by atoms with van der Waals surface area (Å²) in [6, 6.07) is 11.8. The van der Waals surface area contributed by atoms with Gasteiger partial charge in [-0.05, 0) is 6.04 Å². The second-order valence-corrected chi connectivity index (χ2v) is 4.68. The lowest BCUT2D eigenvalue weighted by Gasteiger charge is -1.94. The van der Waals surface area contributed by atoms with Gasteiger partial charge in [0.1, 0.15) is 0 Å². The van der Waals surface area contributed by atoms with Crippen LogP contribution in [0.2, 0.25) is 6.04 Å². The highest BCUT2D eigenvalue weighted by atomic mass is 35.5. The average Bonchev–Trinajstić information content (AvgIpc) is 2.03. The van der Waals surface area contributed by atoms with E-state index in [1.807, 2.05) is 0 Å². The van der Waals surface area contributed by atoms with E-state index in [1.54, 1.807) is 0 Å². The molecule has 1 rings (SSSR count). The van der Waals surface area contributed by atoms with Gasteiger partial charge in [-0.1, -0.05) is 35.5 Å². The van der Waals surface area contributed by atoms with Crippen LogP contribution >= 0.6 is 11.6 Å². The second-order valence-electron chi connectivity index (χ2n) is 2.28. The van der Waals surface area contributed by atoms with Crippen LogP contribution < -0.4 is 5.19 Å².